The molecule has 0 saturated carbocycles. The van der Waals surface area contributed by atoms with E-state index in [-0.39, 0.29) is 0 Å². The molecule has 0 aliphatic heterocycles. The Balaban J connectivity index is 2.69. The van der Waals surface area contributed by atoms with E-state index in [0.29, 0.717) is 12.6 Å². The highest BCUT2D eigenvalue weighted by atomic mass is 16.5. The summed E-state index contributed by atoms with van der Waals surface area (Å²) in [5, 5.41) is 2.94. The van der Waals surface area contributed by atoms with Gasteiger partial charge in [0.25, 0.3) is 0 Å². The molecule has 1 heterocycles. The van der Waals surface area contributed by atoms with Crippen LogP contribution in [0.15, 0.2) is 6.20 Å². The smallest absolute Gasteiger partial charge is 0.224 e. The summed E-state index contributed by atoms with van der Waals surface area (Å²) in [6.07, 6.45) is 1.82. The normalized spacial score (nSPS) is 10.2. The molecule has 0 radical (unpaired) electrons. The topological polar surface area (TPSA) is 50.3 Å². The van der Waals surface area contributed by atoms with Crippen molar-refractivity contribution in [3.63, 3.8) is 0 Å². The lowest BCUT2D eigenvalue weighted by atomic mass is 10.3. The third-order valence-electron chi connectivity index (χ3n) is 2.31. The van der Waals surface area contributed by atoms with Gasteiger partial charge in [0.15, 0.2) is 0 Å². The zero-order valence-corrected chi connectivity index (χ0v) is 10.4. The molecule has 0 aliphatic rings. The molecule has 0 aromatic carbocycles. The summed E-state index contributed by atoms with van der Waals surface area (Å²) in [7, 11) is 3.82. The first-order valence-corrected chi connectivity index (χ1v) is 5.49. The SMILES string of the molecule is CCOCCN(C)c1nc(NC)ncc1C. The molecular formula is C11H20N4O. The number of nitrogens with zero attached hydrogens (tertiary/aromatic N) is 3. The van der Waals surface area contributed by atoms with Crippen molar-refractivity contribution in [2.75, 3.05) is 44.1 Å². The highest BCUT2D eigenvalue weighted by Gasteiger charge is 2.07. The minimum atomic E-state index is 0.642. The molecule has 0 spiro atoms. The summed E-state index contributed by atoms with van der Waals surface area (Å²) in [5.41, 5.74) is 1.07. The Labute approximate surface area is 96.8 Å². The maximum Gasteiger partial charge on any atom is 0.224 e. The van der Waals surface area contributed by atoms with Gasteiger partial charge in [-0.25, -0.2) is 4.98 Å². The number of ether oxygens (including phenoxy) is 1. The second-order valence-corrected chi connectivity index (χ2v) is 3.57. The number of aromatic nitrogens is 2. The lowest BCUT2D eigenvalue weighted by Crippen LogP contribution is -2.24. The number of hydrogen-bond donors (Lipinski definition) is 1. The van der Waals surface area contributed by atoms with E-state index in [0.717, 1.165) is 24.5 Å². The van der Waals surface area contributed by atoms with E-state index in [1.165, 1.54) is 0 Å². The predicted octanol–water partition coefficient (Wildman–Crippen LogP) is 1.30. The van der Waals surface area contributed by atoms with Crippen LogP contribution in [-0.2, 0) is 4.74 Å². The molecule has 16 heavy (non-hydrogen) atoms. The molecule has 1 aromatic heterocycles. The summed E-state index contributed by atoms with van der Waals surface area (Å²) in [6.45, 7) is 6.29. The number of aryl methyl sites for hydroxylation is 1. The van der Waals surface area contributed by atoms with Gasteiger partial charge < -0.3 is 15.0 Å². The molecule has 5 heteroatoms. The summed E-state index contributed by atoms with van der Waals surface area (Å²) < 4.78 is 5.32. The molecule has 1 aromatic rings. The number of nitrogens with one attached hydrogen (secondary N) is 1. The van der Waals surface area contributed by atoms with Gasteiger partial charge in [-0.3, -0.25) is 0 Å². The van der Waals surface area contributed by atoms with Crippen molar-refractivity contribution in [3.05, 3.63) is 11.8 Å². The van der Waals surface area contributed by atoms with Crippen LogP contribution >= 0.6 is 0 Å². The average Bonchev–Trinajstić information content (AvgIpc) is 2.30. The van der Waals surface area contributed by atoms with Crippen LogP contribution in [-0.4, -0.2) is 43.8 Å². The zero-order valence-electron chi connectivity index (χ0n) is 10.4. The van der Waals surface area contributed by atoms with Gasteiger partial charge >= 0.3 is 0 Å². The van der Waals surface area contributed by atoms with Crippen LogP contribution in [0.2, 0.25) is 0 Å². The van der Waals surface area contributed by atoms with Gasteiger partial charge in [-0.05, 0) is 13.8 Å². The van der Waals surface area contributed by atoms with Crippen molar-refractivity contribution in [2.24, 2.45) is 0 Å². The number of anilines is 2. The van der Waals surface area contributed by atoms with Gasteiger partial charge in [-0.15, -0.1) is 0 Å². The van der Waals surface area contributed by atoms with Crippen molar-refractivity contribution in [1.29, 1.82) is 0 Å². The maximum absolute atomic E-state index is 5.32. The standard InChI is InChI=1S/C11H20N4O/c1-5-16-7-6-15(4)10-9(2)8-13-11(12-3)14-10/h8H,5-7H2,1-4H3,(H,12,13,14). The Morgan fingerprint density at radius 2 is 2.25 bits per heavy atom. The first-order chi connectivity index (χ1) is 7.69. The van der Waals surface area contributed by atoms with E-state index in [1.807, 2.05) is 34.1 Å². The Bertz CT molecular complexity index is 330. The highest BCUT2D eigenvalue weighted by molar-refractivity contribution is 5.48. The van der Waals surface area contributed by atoms with Gasteiger partial charge in [0.2, 0.25) is 5.95 Å². The molecule has 1 N–H and O–H groups in total. The number of hydrogen-bond acceptors (Lipinski definition) is 5. The second-order valence-electron chi connectivity index (χ2n) is 3.57. The number of likely N-dealkylation sites (N-methyl/N-ethyl adjacent to an activating group) is 1. The molecule has 90 valence electrons. The number of rotatable bonds is 6. The fourth-order valence-corrected chi connectivity index (χ4v) is 1.39. The van der Waals surface area contributed by atoms with E-state index in [4.69, 9.17) is 4.74 Å². The Kier molecular flexibility index (Phi) is 4.98. The fraction of sp³-hybridized carbons (Fsp3) is 0.636. The first-order valence-electron chi connectivity index (χ1n) is 5.49. The molecule has 0 aliphatic carbocycles. The van der Waals surface area contributed by atoms with Crippen molar-refractivity contribution in [2.45, 2.75) is 13.8 Å². The largest absolute Gasteiger partial charge is 0.380 e. The van der Waals surface area contributed by atoms with Crippen LogP contribution in [0.25, 0.3) is 0 Å². The van der Waals surface area contributed by atoms with Gasteiger partial charge in [-0.1, -0.05) is 0 Å². The summed E-state index contributed by atoms with van der Waals surface area (Å²) in [6, 6.07) is 0. The van der Waals surface area contributed by atoms with E-state index in [1.54, 1.807) is 0 Å². The van der Waals surface area contributed by atoms with Crippen LogP contribution in [0.3, 0.4) is 0 Å². The van der Waals surface area contributed by atoms with Gasteiger partial charge in [0, 0.05) is 39.0 Å². The van der Waals surface area contributed by atoms with Gasteiger partial charge in [0.1, 0.15) is 5.82 Å². The minimum Gasteiger partial charge on any atom is -0.380 e. The second kappa shape index (κ2) is 6.27. The molecule has 0 amide bonds. The molecule has 0 atom stereocenters. The van der Waals surface area contributed by atoms with Crippen molar-refractivity contribution >= 4 is 11.8 Å². The Morgan fingerprint density at radius 1 is 1.50 bits per heavy atom. The molecule has 0 fully saturated rings. The predicted molar refractivity (Wildman–Crippen MR) is 66.1 cm³/mol. The van der Waals surface area contributed by atoms with Crippen LogP contribution in [0.1, 0.15) is 12.5 Å². The Hall–Kier alpha value is -1.36. The summed E-state index contributed by atoms with van der Waals surface area (Å²) >= 11 is 0. The lowest BCUT2D eigenvalue weighted by molar-refractivity contribution is 0.154. The van der Waals surface area contributed by atoms with E-state index < -0.39 is 0 Å². The van der Waals surface area contributed by atoms with Crippen LogP contribution in [0.5, 0.6) is 0 Å². The maximum atomic E-state index is 5.32. The van der Waals surface area contributed by atoms with Crippen LogP contribution in [0, 0.1) is 6.92 Å². The van der Waals surface area contributed by atoms with Crippen molar-refractivity contribution < 1.29 is 4.74 Å². The fourth-order valence-electron chi connectivity index (χ4n) is 1.39. The van der Waals surface area contributed by atoms with Crippen LogP contribution < -0.4 is 10.2 Å². The summed E-state index contributed by atoms with van der Waals surface area (Å²) in [4.78, 5) is 10.7. The average molecular weight is 224 g/mol. The first kappa shape index (κ1) is 12.7. The summed E-state index contributed by atoms with van der Waals surface area (Å²) in [5.74, 6) is 1.59. The molecule has 1 rings (SSSR count). The Morgan fingerprint density at radius 3 is 2.88 bits per heavy atom. The quantitative estimate of drug-likeness (QED) is 0.738. The van der Waals surface area contributed by atoms with Crippen LogP contribution in [0.4, 0.5) is 11.8 Å². The molecule has 5 nitrogen and oxygen atoms in total. The molecule has 0 unspecified atom stereocenters. The van der Waals surface area contributed by atoms with Gasteiger partial charge in [0.05, 0.1) is 6.61 Å². The third kappa shape index (κ3) is 3.34. The van der Waals surface area contributed by atoms with E-state index >= 15 is 0 Å². The molecule has 0 saturated heterocycles. The lowest BCUT2D eigenvalue weighted by Gasteiger charge is -2.20. The van der Waals surface area contributed by atoms with Crippen molar-refractivity contribution in [3.8, 4) is 0 Å². The monoisotopic (exact) mass is 224 g/mol. The zero-order chi connectivity index (χ0) is 12.0. The highest BCUT2D eigenvalue weighted by Crippen LogP contribution is 2.15. The van der Waals surface area contributed by atoms with Gasteiger partial charge in [-0.2, -0.15) is 4.98 Å². The van der Waals surface area contributed by atoms with E-state index in [9.17, 15) is 0 Å². The van der Waals surface area contributed by atoms with E-state index in [2.05, 4.69) is 20.2 Å². The third-order valence-corrected chi connectivity index (χ3v) is 2.31. The minimum absolute atomic E-state index is 0.642. The van der Waals surface area contributed by atoms with Crippen molar-refractivity contribution in [1.82, 2.24) is 9.97 Å². The molecule has 0 bridgehead atoms. The molecular weight excluding hydrogens is 204 g/mol.